The van der Waals surface area contributed by atoms with Crippen molar-refractivity contribution in [3.63, 3.8) is 0 Å². The summed E-state index contributed by atoms with van der Waals surface area (Å²) in [6, 6.07) is 20.8. The zero-order valence-electron chi connectivity index (χ0n) is 34.3. The largest absolute Gasteiger partial charge is 0.482 e. The van der Waals surface area contributed by atoms with Gasteiger partial charge in [-0.25, -0.2) is 0 Å². The summed E-state index contributed by atoms with van der Waals surface area (Å²) in [6.45, 7) is 5.21. The Hall–Kier alpha value is -4.42. The first kappa shape index (κ1) is 47.6. The van der Waals surface area contributed by atoms with Crippen LogP contribution in [0.25, 0.3) is 22.3 Å². The quantitative estimate of drug-likeness (QED) is 0.109. The van der Waals surface area contributed by atoms with Crippen LogP contribution in [0.5, 0.6) is 11.5 Å². The van der Waals surface area contributed by atoms with Crippen LogP contribution < -0.4 is 9.47 Å². The fraction of sp³-hybridized carbons (Fsp3) is 0.447. The second-order valence-corrected chi connectivity index (χ2v) is 17.4. The first-order valence-corrected chi connectivity index (χ1v) is 21.1. The van der Waals surface area contributed by atoms with Crippen molar-refractivity contribution >= 4 is 35.1 Å². The molecule has 0 heterocycles. The molecule has 0 radical (unpaired) electrons. The minimum absolute atomic E-state index is 0.0236. The Morgan fingerprint density at radius 2 is 0.934 bits per heavy atom. The Labute approximate surface area is 362 Å². The van der Waals surface area contributed by atoms with Gasteiger partial charge in [0, 0.05) is 11.1 Å². The van der Waals surface area contributed by atoms with Crippen LogP contribution in [0.2, 0.25) is 10.0 Å². The third-order valence-corrected chi connectivity index (χ3v) is 11.7. The SMILES string of the molecule is CC(C)c1ccc(-c2cc([C@@H](CC3CC3)C(=O)O)cc(Cl)c2OCC(F)(F)F)cc1.CC(C)c1ccc(-c2cc([C@H](CC3CCC3)C(=O)O)cc(Cl)c2OCC(F)(F)F)cc1. The van der Waals surface area contributed by atoms with E-state index in [4.69, 9.17) is 32.7 Å². The number of carbonyl (C=O) groups is 2. The minimum atomic E-state index is -4.52. The van der Waals surface area contributed by atoms with Crippen LogP contribution in [-0.2, 0) is 9.59 Å². The number of carboxylic acids is 2. The zero-order valence-corrected chi connectivity index (χ0v) is 35.8. The predicted molar refractivity (Wildman–Crippen MR) is 225 cm³/mol. The maximum atomic E-state index is 12.8. The van der Waals surface area contributed by atoms with Gasteiger partial charge in [0.05, 0.1) is 21.9 Å². The van der Waals surface area contributed by atoms with Gasteiger partial charge in [0.15, 0.2) is 13.2 Å². The molecule has 2 N–H and O–H groups in total. The van der Waals surface area contributed by atoms with Crippen molar-refractivity contribution < 1.29 is 55.6 Å². The van der Waals surface area contributed by atoms with Gasteiger partial charge in [-0.2, -0.15) is 26.3 Å². The normalized spacial score (nSPS) is 15.4. The van der Waals surface area contributed by atoms with Gasteiger partial charge in [-0.3, -0.25) is 9.59 Å². The van der Waals surface area contributed by atoms with E-state index >= 15 is 0 Å². The Morgan fingerprint density at radius 1 is 0.590 bits per heavy atom. The molecule has 2 atom stereocenters. The van der Waals surface area contributed by atoms with Crippen molar-refractivity contribution in [3.8, 4) is 33.8 Å². The number of aliphatic carboxylic acids is 2. The number of carboxylic acid groups (broad SMARTS) is 2. The van der Waals surface area contributed by atoms with Gasteiger partial charge in [-0.1, -0.05) is 132 Å². The molecule has 6 nitrogen and oxygen atoms in total. The summed E-state index contributed by atoms with van der Waals surface area (Å²) < 4.78 is 86.8. The van der Waals surface area contributed by atoms with Crippen molar-refractivity contribution in [3.05, 3.63) is 105 Å². The Kier molecular flexibility index (Phi) is 15.8. The number of alkyl halides is 6. The average molecular weight is 896 g/mol. The van der Waals surface area contributed by atoms with Crippen molar-refractivity contribution in [2.75, 3.05) is 13.2 Å². The van der Waals surface area contributed by atoms with E-state index in [9.17, 15) is 46.1 Å². The topological polar surface area (TPSA) is 93.1 Å². The Balaban J connectivity index is 0.000000231. The highest BCUT2D eigenvalue weighted by Crippen LogP contribution is 2.45. The lowest BCUT2D eigenvalue weighted by atomic mass is 9.77. The summed E-state index contributed by atoms with van der Waals surface area (Å²) >= 11 is 12.7. The van der Waals surface area contributed by atoms with Crippen molar-refractivity contribution in [1.82, 2.24) is 0 Å². The number of hydrogen-bond donors (Lipinski definition) is 2. The molecule has 2 saturated carbocycles. The molecular formula is C47H50Cl2F6O6. The first-order chi connectivity index (χ1) is 28.6. The van der Waals surface area contributed by atoms with Crippen LogP contribution in [0.15, 0.2) is 72.8 Å². The van der Waals surface area contributed by atoms with E-state index < -0.39 is 49.3 Å². The van der Waals surface area contributed by atoms with E-state index in [1.54, 1.807) is 36.4 Å². The number of hydrogen-bond acceptors (Lipinski definition) is 4. The molecule has 0 bridgehead atoms. The molecule has 2 aliphatic rings. The smallest absolute Gasteiger partial charge is 0.422 e. The second-order valence-electron chi connectivity index (χ2n) is 16.6. The molecule has 4 aromatic carbocycles. The highest BCUT2D eigenvalue weighted by molar-refractivity contribution is 6.33. The number of rotatable bonds is 16. The van der Waals surface area contributed by atoms with E-state index in [2.05, 4.69) is 0 Å². The summed E-state index contributed by atoms with van der Waals surface area (Å²) in [6.07, 6.45) is -3.00. The number of ether oxygens (including phenoxy) is 2. The van der Waals surface area contributed by atoms with Gasteiger partial charge in [0.1, 0.15) is 11.5 Å². The first-order valence-electron chi connectivity index (χ1n) is 20.3. The Bertz CT molecular complexity index is 2130. The second kappa shape index (κ2) is 20.2. The van der Waals surface area contributed by atoms with Gasteiger partial charge in [0.25, 0.3) is 0 Å². The minimum Gasteiger partial charge on any atom is -0.482 e. The van der Waals surface area contributed by atoms with Gasteiger partial charge < -0.3 is 19.7 Å². The average Bonchev–Trinajstić information content (AvgIpc) is 3.99. The van der Waals surface area contributed by atoms with E-state index in [0.717, 1.165) is 43.2 Å². The Morgan fingerprint density at radius 3 is 1.20 bits per heavy atom. The molecule has 0 spiro atoms. The van der Waals surface area contributed by atoms with Crippen LogP contribution in [0, 0.1) is 11.8 Å². The summed E-state index contributed by atoms with van der Waals surface area (Å²) in [5.41, 5.74) is 5.08. The third kappa shape index (κ3) is 13.5. The van der Waals surface area contributed by atoms with Gasteiger partial charge >= 0.3 is 24.3 Å². The molecule has 0 saturated heterocycles. The van der Waals surface area contributed by atoms with Crippen LogP contribution in [0.4, 0.5) is 26.3 Å². The lowest BCUT2D eigenvalue weighted by Crippen LogP contribution is -2.21. The lowest BCUT2D eigenvalue weighted by molar-refractivity contribution is -0.154. The maximum Gasteiger partial charge on any atom is 0.422 e. The summed E-state index contributed by atoms with van der Waals surface area (Å²) in [5.74, 6) is -2.36. The van der Waals surface area contributed by atoms with Crippen LogP contribution in [0.1, 0.15) is 119 Å². The van der Waals surface area contributed by atoms with Crippen molar-refractivity contribution in [2.45, 2.75) is 109 Å². The summed E-state index contributed by atoms with van der Waals surface area (Å²) in [5, 5.41) is 19.5. The van der Waals surface area contributed by atoms with Crippen molar-refractivity contribution in [2.24, 2.45) is 11.8 Å². The van der Waals surface area contributed by atoms with E-state index in [0.29, 0.717) is 69.9 Å². The lowest BCUT2D eigenvalue weighted by Gasteiger charge is -2.28. The van der Waals surface area contributed by atoms with E-state index in [-0.39, 0.29) is 21.5 Å². The molecule has 6 rings (SSSR count). The zero-order chi connectivity index (χ0) is 44.8. The maximum absolute atomic E-state index is 12.8. The third-order valence-electron chi connectivity index (χ3n) is 11.1. The molecule has 0 unspecified atom stereocenters. The van der Waals surface area contributed by atoms with Crippen LogP contribution in [0.3, 0.4) is 0 Å². The molecule has 14 heteroatoms. The fourth-order valence-electron chi connectivity index (χ4n) is 7.26. The number of benzene rings is 4. The molecule has 0 aliphatic heterocycles. The van der Waals surface area contributed by atoms with Gasteiger partial charge in [0.2, 0.25) is 0 Å². The predicted octanol–water partition coefficient (Wildman–Crippen LogP) is 14.5. The van der Waals surface area contributed by atoms with Gasteiger partial charge in [-0.15, -0.1) is 0 Å². The monoisotopic (exact) mass is 894 g/mol. The van der Waals surface area contributed by atoms with E-state index in [1.807, 2.05) is 52.0 Å². The molecule has 330 valence electrons. The molecule has 0 aromatic heterocycles. The van der Waals surface area contributed by atoms with Gasteiger partial charge in [-0.05, 0) is 94.2 Å². The molecule has 2 aliphatic carbocycles. The van der Waals surface area contributed by atoms with Crippen LogP contribution in [-0.4, -0.2) is 47.7 Å². The summed E-state index contributed by atoms with van der Waals surface area (Å²) in [4.78, 5) is 23.8. The highest BCUT2D eigenvalue weighted by Gasteiger charge is 2.34. The number of halogens is 8. The summed E-state index contributed by atoms with van der Waals surface area (Å²) in [7, 11) is 0. The highest BCUT2D eigenvalue weighted by atomic mass is 35.5. The molecule has 2 fully saturated rings. The van der Waals surface area contributed by atoms with E-state index in [1.165, 1.54) is 12.1 Å². The molecule has 61 heavy (non-hydrogen) atoms. The molecule has 4 aromatic rings. The van der Waals surface area contributed by atoms with Crippen molar-refractivity contribution in [1.29, 1.82) is 0 Å². The molecule has 0 amide bonds. The van der Waals surface area contributed by atoms with Crippen LogP contribution >= 0.6 is 23.2 Å². The standard InChI is InChI=1S/C24H26ClF3O3.C23H24ClF3O3/c1-14(2)16-6-8-17(9-7-16)19-11-18(20(23(29)30)10-15-4-3-5-15)12-21(25)22(19)31-13-24(26,27)28;1-13(2)15-5-7-16(8-6-15)18-10-17(19(22(28)29)9-14-3-4-14)11-20(24)21(18)30-12-23(25,26)27/h6-9,11-12,14-15,20H,3-5,10,13H2,1-2H3,(H,29,30);5-8,10-11,13-14,19H,3-4,9,12H2,1-2H3,(H,28,29)/t20-;19-/m01/s1. The fourth-order valence-corrected chi connectivity index (χ4v) is 7.83. The molecular weight excluding hydrogens is 845 g/mol.